The monoisotopic (exact) mass is 234 g/mol. The predicted octanol–water partition coefficient (Wildman–Crippen LogP) is 3.75. The Balaban J connectivity index is 4.70. The molecule has 0 amide bonds. The number of hydrogen-bond acceptors (Lipinski definition) is 2. The molecule has 0 spiro atoms. The van der Waals surface area contributed by atoms with E-state index in [9.17, 15) is 0 Å². The van der Waals surface area contributed by atoms with Crippen LogP contribution in [-0.2, 0) is 8.54 Å². The summed E-state index contributed by atoms with van der Waals surface area (Å²) in [7, 11) is -1.73. The second-order valence-corrected chi connectivity index (χ2v) is 13.9. The second-order valence-electron chi connectivity index (χ2n) is 5.20. The van der Waals surface area contributed by atoms with E-state index in [4.69, 9.17) is 8.54 Å². The van der Waals surface area contributed by atoms with Gasteiger partial charge in [-0.3, -0.25) is 0 Å². The van der Waals surface area contributed by atoms with E-state index in [1.54, 1.807) is 7.11 Å². The minimum Gasteiger partial charge on any atom is -0.435 e. The van der Waals surface area contributed by atoms with Crippen LogP contribution in [-0.4, -0.2) is 24.0 Å². The Morgan fingerprint density at radius 2 is 1.21 bits per heavy atom. The van der Waals surface area contributed by atoms with Gasteiger partial charge in [-0.25, -0.2) is 0 Å². The highest BCUT2D eigenvalue weighted by Crippen LogP contribution is 2.35. The summed E-state index contributed by atoms with van der Waals surface area (Å²) in [5.74, 6) is 0. The molecule has 0 atom stereocenters. The molecule has 14 heavy (non-hydrogen) atoms. The predicted molar refractivity (Wildman–Crippen MR) is 67.4 cm³/mol. The van der Waals surface area contributed by atoms with Gasteiger partial charge in [0.2, 0.25) is 0 Å². The van der Waals surface area contributed by atoms with Crippen LogP contribution in [0.3, 0.4) is 0 Å². The summed E-state index contributed by atoms with van der Waals surface area (Å²) in [5, 5.41) is 0. The summed E-state index contributed by atoms with van der Waals surface area (Å²) >= 11 is 0. The van der Waals surface area contributed by atoms with Gasteiger partial charge in [0.15, 0.2) is 8.32 Å². The molecule has 4 heteroatoms. The number of hydrogen-bond donors (Lipinski definition) is 0. The van der Waals surface area contributed by atoms with Crippen molar-refractivity contribution >= 4 is 16.9 Å². The Kier molecular flexibility index (Phi) is 5.04. The lowest BCUT2D eigenvalue weighted by Crippen LogP contribution is -2.51. The lowest BCUT2D eigenvalue weighted by atomic mass is 10.5. The van der Waals surface area contributed by atoms with E-state index in [-0.39, 0.29) is 0 Å². The van der Waals surface area contributed by atoms with Gasteiger partial charge in [-0.15, -0.1) is 0 Å². The van der Waals surface area contributed by atoms with E-state index in [1.165, 1.54) is 0 Å². The van der Waals surface area contributed by atoms with Gasteiger partial charge in [0.25, 0.3) is 0 Å². The molecule has 2 nitrogen and oxygen atoms in total. The largest absolute Gasteiger partial charge is 0.435 e. The van der Waals surface area contributed by atoms with Crippen molar-refractivity contribution in [1.29, 1.82) is 0 Å². The van der Waals surface area contributed by atoms with Crippen LogP contribution in [0.5, 0.6) is 0 Å². The third-order valence-corrected chi connectivity index (χ3v) is 12.5. The van der Waals surface area contributed by atoms with Crippen molar-refractivity contribution in [2.24, 2.45) is 0 Å². The van der Waals surface area contributed by atoms with Crippen LogP contribution < -0.4 is 0 Å². The summed E-state index contributed by atoms with van der Waals surface area (Å²) in [6.07, 6.45) is 0. The number of rotatable bonds is 5. The molecule has 0 aliphatic heterocycles. The van der Waals surface area contributed by atoms with Crippen molar-refractivity contribution in [3.8, 4) is 0 Å². The Hall–Kier alpha value is 0.354. The first-order chi connectivity index (χ1) is 6.15. The van der Waals surface area contributed by atoms with Gasteiger partial charge < -0.3 is 8.54 Å². The lowest BCUT2D eigenvalue weighted by Gasteiger charge is -2.40. The van der Waals surface area contributed by atoms with Crippen molar-refractivity contribution in [3.63, 3.8) is 0 Å². The van der Waals surface area contributed by atoms with E-state index in [0.717, 1.165) is 0 Å². The standard InChI is InChI=1S/C10H26O2Si2/c1-9(2)14(8,10(3)4)12-13(6,7)11-5/h9-10H,1-8H3. The maximum absolute atomic E-state index is 6.35. The summed E-state index contributed by atoms with van der Waals surface area (Å²) in [6.45, 7) is 15.7. The molecule has 0 aliphatic rings. The Morgan fingerprint density at radius 1 is 0.857 bits per heavy atom. The lowest BCUT2D eigenvalue weighted by molar-refractivity contribution is 0.303. The maximum Gasteiger partial charge on any atom is 0.321 e. The summed E-state index contributed by atoms with van der Waals surface area (Å²) in [6, 6.07) is 0. The molecule has 0 rings (SSSR count). The SMILES string of the molecule is CO[Si](C)(C)O[Si](C)(C(C)C)C(C)C. The molecule has 0 aromatic heterocycles. The fraction of sp³-hybridized carbons (Fsp3) is 1.00. The topological polar surface area (TPSA) is 18.5 Å². The smallest absolute Gasteiger partial charge is 0.321 e. The van der Waals surface area contributed by atoms with Gasteiger partial charge in [-0.05, 0) is 30.7 Å². The van der Waals surface area contributed by atoms with Crippen molar-refractivity contribution < 1.29 is 8.54 Å². The molecule has 86 valence electrons. The molecule has 0 fully saturated rings. The first-order valence-electron chi connectivity index (χ1n) is 5.41. The average Bonchev–Trinajstić information content (AvgIpc) is 2.03. The molecule has 0 saturated heterocycles. The summed E-state index contributed by atoms with van der Waals surface area (Å²) in [5.41, 5.74) is 1.29. The molecule has 0 heterocycles. The van der Waals surface area contributed by atoms with Gasteiger partial charge in [-0.2, -0.15) is 0 Å². The first-order valence-corrected chi connectivity index (χ1v) is 10.8. The molecule has 0 aliphatic carbocycles. The van der Waals surface area contributed by atoms with Crippen molar-refractivity contribution in [3.05, 3.63) is 0 Å². The molecule has 0 saturated carbocycles. The molecule has 0 aromatic carbocycles. The van der Waals surface area contributed by atoms with Crippen molar-refractivity contribution in [1.82, 2.24) is 0 Å². The molecular weight excluding hydrogens is 208 g/mol. The zero-order chi connectivity index (χ0) is 11.6. The maximum atomic E-state index is 6.35. The van der Waals surface area contributed by atoms with E-state index in [1.807, 2.05) is 0 Å². The molecule has 0 N–H and O–H groups in total. The third kappa shape index (κ3) is 3.49. The van der Waals surface area contributed by atoms with Crippen LogP contribution in [0.4, 0.5) is 0 Å². The van der Waals surface area contributed by atoms with Crippen LogP contribution in [0, 0.1) is 0 Å². The normalized spacial score (nSPS) is 14.1. The highest BCUT2D eigenvalue weighted by molar-refractivity contribution is 6.84. The van der Waals surface area contributed by atoms with Crippen LogP contribution in [0.2, 0.25) is 30.7 Å². The average molecular weight is 234 g/mol. The first kappa shape index (κ1) is 14.4. The van der Waals surface area contributed by atoms with E-state index < -0.39 is 16.9 Å². The van der Waals surface area contributed by atoms with Gasteiger partial charge in [0, 0.05) is 7.11 Å². The second kappa shape index (κ2) is 4.92. The quantitative estimate of drug-likeness (QED) is 0.675. The molecular formula is C10H26O2Si2. The van der Waals surface area contributed by atoms with Gasteiger partial charge in [0.1, 0.15) is 0 Å². The van der Waals surface area contributed by atoms with E-state index >= 15 is 0 Å². The third-order valence-electron chi connectivity index (χ3n) is 3.25. The molecule has 0 bridgehead atoms. The Bertz CT molecular complexity index is 171. The fourth-order valence-electron chi connectivity index (χ4n) is 1.47. The van der Waals surface area contributed by atoms with E-state index in [2.05, 4.69) is 47.3 Å². The zero-order valence-electron chi connectivity index (χ0n) is 11.0. The van der Waals surface area contributed by atoms with Gasteiger partial charge in [0.05, 0.1) is 0 Å². The van der Waals surface area contributed by atoms with Crippen LogP contribution in [0.25, 0.3) is 0 Å². The zero-order valence-corrected chi connectivity index (χ0v) is 13.0. The van der Waals surface area contributed by atoms with Gasteiger partial charge >= 0.3 is 8.56 Å². The molecule has 0 radical (unpaired) electrons. The molecule has 0 aromatic rings. The Morgan fingerprint density at radius 3 is 1.43 bits per heavy atom. The minimum atomic E-state index is -1.88. The Labute approximate surface area is 91.4 Å². The van der Waals surface area contributed by atoms with Crippen LogP contribution >= 0.6 is 0 Å². The fourth-order valence-corrected chi connectivity index (χ4v) is 9.26. The van der Waals surface area contributed by atoms with Crippen LogP contribution in [0.1, 0.15) is 27.7 Å². The summed E-state index contributed by atoms with van der Waals surface area (Å²) < 4.78 is 11.8. The van der Waals surface area contributed by atoms with Crippen molar-refractivity contribution in [2.75, 3.05) is 7.11 Å². The highest BCUT2D eigenvalue weighted by atomic mass is 28.4. The molecule has 0 unspecified atom stereocenters. The highest BCUT2D eigenvalue weighted by Gasteiger charge is 2.42. The summed E-state index contributed by atoms with van der Waals surface area (Å²) in [4.78, 5) is 0. The van der Waals surface area contributed by atoms with Crippen LogP contribution in [0.15, 0.2) is 0 Å². The van der Waals surface area contributed by atoms with Crippen molar-refractivity contribution in [2.45, 2.75) is 58.4 Å². The van der Waals surface area contributed by atoms with Gasteiger partial charge in [-0.1, -0.05) is 27.7 Å². The van der Waals surface area contributed by atoms with E-state index in [0.29, 0.717) is 11.1 Å². The minimum absolute atomic E-state index is 0.643.